The Morgan fingerprint density at radius 1 is 1.17 bits per heavy atom. The number of nitrogens with one attached hydrogen (secondary N) is 1. The van der Waals surface area contributed by atoms with E-state index < -0.39 is 0 Å². The molecule has 0 aromatic heterocycles. The molecule has 0 saturated carbocycles. The molecule has 0 amide bonds. The van der Waals surface area contributed by atoms with Crippen molar-refractivity contribution in [3.8, 4) is 5.75 Å². The summed E-state index contributed by atoms with van der Waals surface area (Å²) < 4.78 is 6.14. The standard InChI is InChI=1S/C16H27NO/c1-12(2)15(11-17-16(4,5)6)18-14-10-8-7-9-13(14)3/h7-10,12,15,17H,11H2,1-6H3. The van der Waals surface area contributed by atoms with Crippen LogP contribution < -0.4 is 10.1 Å². The average molecular weight is 249 g/mol. The van der Waals surface area contributed by atoms with Gasteiger partial charge in [0.15, 0.2) is 0 Å². The molecule has 1 rings (SSSR count). The molecule has 1 N–H and O–H groups in total. The van der Waals surface area contributed by atoms with Crippen LogP contribution in [0, 0.1) is 12.8 Å². The Kier molecular flexibility index (Phi) is 5.21. The molecule has 0 saturated heterocycles. The van der Waals surface area contributed by atoms with Gasteiger partial charge in [-0.2, -0.15) is 0 Å². The largest absolute Gasteiger partial charge is 0.489 e. The van der Waals surface area contributed by atoms with Crippen LogP contribution >= 0.6 is 0 Å². The number of hydrogen-bond donors (Lipinski definition) is 1. The number of aryl methyl sites for hydroxylation is 1. The third kappa shape index (κ3) is 5.09. The molecule has 0 radical (unpaired) electrons. The predicted molar refractivity (Wildman–Crippen MR) is 78.2 cm³/mol. The number of benzene rings is 1. The van der Waals surface area contributed by atoms with E-state index in [0.717, 1.165) is 12.3 Å². The normalized spacial score (nSPS) is 13.7. The van der Waals surface area contributed by atoms with Crippen LogP contribution in [0.4, 0.5) is 0 Å². The summed E-state index contributed by atoms with van der Waals surface area (Å²) in [7, 11) is 0. The van der Waals surface area contributed by atoms with Gasteiger partial charge < -0.3 is 10.1 Å². The summed E-state index contributed by atoms with van der Waals surface area (Å²) in [6.07, 6.45) is 0.199. The molecule has 0 aliphatic heterocycles. The highest BCUT2D eigenvalue weighted by molar-refractivity contribution is 5.32. The molecule has 2 heteroatoms. The van der Waals surface area contributed by atoms with Gasteiger partial charge in [0.25, 0.3) is 0 Å². The number of hydrogen-bond acceptors (Lipinski definition) is 2. The smallest absolute Gasteiger partial charge is 0.122 e. The van der Waals surface area contributed by atoms with Gasteiger partial charge in [-0.1, -0.05) is 32.0 Å². The molecule has 0 fully saturated rings. The molecule has 0 heterocycles. The van der Waals surface area contributed by atoms with Gasteiger partial charge in [0, 0.05) is 12.1 Å². The van der Waals surface area contributed by atoms with Crippen molar-refractivity contribution < 1.29 is 4.74 Å². The first-order chi connectivity index (χ1) is 8.29. The Balaban J connectivity index is 2.67. The van der Waals surface area contributed by atoms with Crippen molar-refractivity contribution in [3.05, 3.63) is 29.8 Å². The zero-order chi connectivity index (χ0) is 13.8. The fourth-order valence-corrected chi connectivity index (χ4v) is 1.67. The summed E-state index contributed by atoms with van der Waals surface area (Å²) >= 11 is 0. The van der Waals surface area contributed by atoms with Crippen molar-refractivity contribution in [1.29, 1.82) is 0 Å². The lowest BCUT2D eigenvalue weighted by Crippen LogP contribution is -2.44. The van der Waals surface area contributed by atoms with Gasteiger partial charge in [0.05, 0.1) is 0 Å². The van der Waals surface area contributed by atoms with Gasteiger partial charge in [0.1, 0.15) is 11.9 Å². The number of para-hydroxylation sites is 1. The van der Waals surface area contributed by atoms with Crippen LogP contribution in [0.25, 0.3) is 0 Å². The highest BCUT2D eigenvalue weighted by Gasteiger charge is 2.19. The van der Waals surface area contributed by atoms with Gasteiger partial charge >= 0.3 is 0 Å². The average Bonchev–Trinajstić information content (AvgIpc) is 2.24. The van der Waals surface area contributed by atoms with Crippen LogP contribution in [0.1, 0.15) is 40.2 Å². The SMILES string of the molecule is Cc1ccccc1OC(CNC(C)(C)C)C(C)C. The van der Waals surface area contributed by atoms with Crippen molar-refractivity contribution in [3.63, 3.8) is 0 Å². The first kappa shape index (κ1) is 15.0. The Morgan fingerprint density at radius 2 is 1.78 bits per heavy atom. The van der Waals surface area contributed by atoms with Crippen molar-refractivity contribution in [2.24, 2.45) is 5.92 Å². The van der Waals surface area contributed by atoms with Crippen molar-refractivity contribution in [2.75, 3.05) is 6.54 Å². The van der Waals surface area contributed by atoms with E-state index in [1.54, 1.807) is 0 Å². The molecular formula is C16H27NO. The fraction of sp³-hybridized carbons (Fsp3) is 0.625. The van der Waals surface area contributed by atoms with Crippen LogP contribution in [-0.4, -0.2) is 18.2 Å². The minimum Gasteiger partial charge on any atom is -0.489 e. The third-order valence-corrected chi connectivity index (χ3v) is 2.95. The van der Waals surface area contributed by atoms with Crippen LogP contribution in [0.5, 0.6) is 5.75 Å². The van der Waals surface area contributed by atoms with Crippen LogP contribution in [-0.2, 0) is 0 Å². The molecular weight excluding hydrogens is 222 g/mol. The van der Waals surface area contributed by atoms with Crippen molar-refractivity contribution >= 4 is 0 Å². The second-order valence-corrected chi connectivity index (χ2v) is 6.30. The van der Waals surface area contributed by atoms with Gasteiger partial charge in [0.2, 0.25) is 0 Å². The van der Waals surface area contributed by atoms with Crippen molar-refractivity contribution in [2.45, 2.75) is 53.2 Å². The summed E-state index contributed by atoms with van der Waals surface area (Å²) in [6, 6.07) is 8.20. The maximum Gasteiger partial charge on any atom is 0.122 e. The number of rotatable bonds is 5. The summed E-state index contributed by atoms with van der Waals surface area (Å²) in [4.78, 5) is 0. The fourth-order valence-electron chi connectivity index (χ4n) is 1.67. The third-order valence-electron chi connectivity index (χ3n) is 2.95. The first-order valence-corrected chi connectivity index (χ1v) is 6.77. The molecule has 1 atom stereocenters. The topological polar surface area (TPSA) is 21.3 Å². The van der Waals surface area contributed by atoms with Crippen molar-refractivity contribution in [1.82, 2.24) is 5.32 Å². The minimum atomic E-state index is 0.127. The van der Waals surface area contributed by atoms with E-state index in [4.69, 9.17) is 4.74 Å². The molecule has 0 aliphatic carbocycles. The number of ether oxygens (including phenoxy) is 1. The molecule has 18 heavy (non-hydrogen) atoms. The van der Waals surface area contributed by atoms with Gasteiger partial charge in [-0.05, 0) is 45.2 Å². The Hall–Kier alpha value is -1.02. The molecule has 1 aromatic rings. The molecule has 1 unspecified atom stereocenters. The lowest BCUT2D eigenvalue weighted by Gasteiger charge is -2.28. The van der Waals surface area contributed by atoms with Crippen LogP contribution in [0.15, 0.2) is 24.3 Å². The van der Waals surface area contributed by atoms with E-state index in [9.17, 15) is 0 Å². The second kappa shape index (κ2) is 6.24. The summed E-state index contributed by atoms with van der Waals surface area (Å²) in [5.41, 5.74) is 1.32. The summed E-state index contributed by atoms with van der Waals surface area (Å²) in [6.45, 7) is 13.9. The molecule has 0 bridgehead atoms. The van der Waals surface area contributed by atoms with Gasteiger partial charge in [-0.15, -0.1) is 0 Å². The lowest BCUT2D eigenvalue weighted by molar-refractivity contribution is 0.139. The maximum atomic E-state index is 6.14. The Morgan fingerprint density at radius 3 is 2.28 bits per heavy atom. The van der Waals surface area contributed by atoms with E-state index >= 15 is 0 Å². The molecule has 0 spiro atoms. The van der Waals surface area contributed by atoms with E-state index in [2.05, 4.69) is 52.9 Å². The summed E-state index contributed by atoms with van der Waals surface area (Å²) in [5.74, 6) is 1.48. The molecule has 102 valence electrons. The molecule has 2 nitrogen and oxygen atoms in total. The van der Waals surface area contributed by atoms with Gasteiger partial charge in [-0.25, -0.2) is 0 Å². The maximum absolute atomic E-state index is 6.14. The minimum absolute atomic E-state index is 0.127. The van der Waals surface area contributed by atoms with E-state index in [1.807, 2.05) is 18.2 Å². The molecule has 1 aromatic carbocycles. The van der Waals surface area contributed by atoms with E-state index in [1.165, 1.54) is 5.56 Å². The van der Waals surface area contributed by atoms with E-state index in [-0.39, 0.29) is 11.6 Å². The summed E-state index contributed by atoms with van der Waals surface area (Å²) in [5, 5.41) is 3.52. The highest BCUT2D eigenvalue weighted by atomic mass is 16.5. The lowest BCUT2D eigenvalue weighted by atomic mass is 10.0. The van der Waals surface area contributed by atoms with Gasteiger partial charge in [-0.3, -0.25) is 0 Å². The highest BCUT2D eigenvalue weighted by Crippen LogP contribution is 2.20. The first-order valence-electron chi connectivity index (χ1n) is 6.77. The quantitative estimate of drug-likeness (QED) is 0.857. The zero-order valence-corrected chi connectivity index (χ0v) is 12.6. The monoisotopic (exact) mass is 249 g/mol. The zero-order valence-electron chi connectivity index (χ0n) is 12.6. The Bertz CT molecular complexity index is 366. The van der Waals surface area contributed by atoms with E-state index in [0.29, 0.717) is 5.92 Å². The second-order valence-electron chi connectivity index (χ2n) is 6.30. The Labute approximate surface area is 112 Å². The molecule has 0 aliphatic rings. The predicted octanol–water partition coefficient (Wildman–Crippen LogP) is 3.79. The van der Waals surface area contributed by atoms with Crippen LogP contribution in [0.2, 0.25) is 0 Å². The van der Waals surface area contributed by atoms with Crippen LogP contribution in [0.3, 0.4) is 0 Å².